The molecule has 0 N–H and O–H groups in total. The van der Waals surface area contributed by atoms with Gasteiger partial charge in [0.15, 0.2) is 0 Å². The maximum Gasteiger partial charge on any atom is 0.302 e. The highest BCUT2D eigenvalue weighted by Gasteiger charge is 2.34. The molecule has 1 aliphatic rings. The van der Waals surface area contributed by atoms with Crippen molar-refractivity contribution in [2.45, 2.75) is 40.5 Å². The number of hydrogen-bond donors (Lipinski definition) is 0. The van der Waals surface area contributed by atoms with E-state index in [0.717, 1.165) is 12.8 Å². The van der Waals surface area contributed by atoms with Gasteiger partial charge in [-0.1, -0.05) is 25.5 Å². The van der Waals surface area contributed by atoms with E-state index in [-0.39, 0.29) is 11.4 Å². The SMILES string of the molecule is CC(=O)OCC[C@@H]1CC=C(C)C1(C)C. The van der Waals surface area contributed by atoms with Crippen molar-refractivity contribution >= 4 is 5.97 Å². The molecular weight excluding hydrogens is 176 g/mol. The minimum Gasteiger partial charge on any atom is -0.466 e. The van der Waals surface area contributed by atoms with Gasteiger partial charge in [-0.25, -0.2) is 0 Å². The standard InChI is InChI=1S/C12H20O2/c1-9-5-6-11(12(9,3)4)7-8-14-10(2)13/h5,11H,6-8H2,1-4H3/t11-/m0/s1. The number of esters is 1. The molecule has 1 rings (SSSR count). The molecule has 2 heteroatoms. The normalized spacial score (nSPS) is 24.6. The Labute approximate surface area is 86.3 Å². The first-order valence-electron chi connectivity index (χ1n) is 5.25. The van der Waals surface area contributed by atoms with Crippen LogP contribution in [0.3, 0.4) is 0 Å². The number of carbonyl (C=O) groups is 1. The highest BCUT2D eigenvalue weighted by molar-refractivity contribution is 5.65. The minimum absolute atomic E-state index is 0.175. The summed E-state index contributed by atoms with van der Waals surface area (Å²) in [5.74, 6) is 0.451. The van der Waals surface area contributed by atoms with Crippen molar-refractivity contribution < 1.29 is 9.53 Å². The van der Waals surface area contributed by atoms with Gasteiger partial charge in [-0.15, -0.1) is 0 Å². The van der Waals surface area contributed by atoms with E-state index < -0.39 is 0 Å². The van der Waals surface area contributed by atoms with E-state index in [1.54, 1.807) is 0 Å². The summed E-state index contributed by atoms with van der Waals surface area (Å²) in [6, 6.07) is 0. The van der Waals surface area contributed by atoms with Gasteiger partial charge in [0.05, 0.1) is 6.61 Å². The van der Waals surface area contributed by atoms with Crippen molar-refractivity contribution in [3.05, 3.63) is 11.6 Å². The number of allylic oxidation sites excluding steroid dienone is 2. The number of hydrogen-bond acceptors (Lipinski definition) is 2. The first kappa shape index (κ1) is 11.3. The van der Waals surface area contributed by atoms with Crippen LogP contribution in [0.2, 0.25) is 0 Å². The van der Waals surface area contributed by atoms with E-state index in [2.05, 4.69) is 26.8 Å². The molecule has 1 aliphatic carbocycles. The zero-order valence-corrected chi connectivity index (χ0v) is 9.59. The molecule has 14 heavy (non-hydrogen) atoms. The molecule has 0 saturated heterocycles. The molecule has 2 nitrogen and oxygen atoms in total. The Hall–Kier alpha value is -0.790. The first-order valence-corrected chi connectivity index (χ1v) is 5.25. The molecule has 0 aromatic heterocycles. The summed E-state index contributed by atoms with van der Waals surface area (Å²) < 4.78 is 4.97. The molecule has 0 aliphatic heterocycles. The van der Waals surface area contributed by atoms with E-state index in [9.17, 15) is 4.79 Å². The van der Waals surface area contributed by atoms with Crippen LogP contribution < -0.4 is 0 Å². The van der Waals surface area contributed by atoms with Crippen LogP contribution in [0.4, 0.5) is 0 Å². The van der Waals surface area contributed by atoms with Gasteiger partial charge in [0.25, 0.3) is 0 Å². The largest absolute Gasteiger partial charge is 0.466 e. The summed E-state index contributed by atoms with van der Waals surface area (Å²) in [6.07, 6.45) is 4.40. The molecule has 0 unspecified atom stereocenters. The number of carbonyl (C=O) groups excluding carboxylic acids is 1. The summed E-state index contributed by atoms with van der Waals surface area (Å²) >= 11 is 0. The van der Waals surface area contributed by atoms with Crippen LogP contribution in [0, 0.1) is 11.3 Å². The van der Waals surface area contributed by atoms with Crippen LogP contribution in [0.25, 0.3) is 0 Å². The van der Waals surface area contributed by atoms with Crippen molar-refractivity contribution in [2.24, 2.45) is 11.3 Å². The predicted molar refractivity (Wildman–Crippen MR) is 56.9 cm³/mol. The zero-order chi connectivity index (χ0) is 10.8. The molecule has 0 saturated carbocycles. The number of rotatable bonds is 3. The van der Waals surface area contributed by atoms with Crippen LogP contribution in [0.15, 0.2) is 11.6 Å². The third-order valence-corrected chi connectivity index (χ3v) is 3.52. The summed E-state index contributed by atoms with van der Waals surface area (Å²) in [5.41, 5.74) is 1.74. The van der Waals surface area contributed by atoms with Crippen LogP contribution in [0.5, 0.6) is 0 Å². The lowest BCUT2D eigenvalue weighted by atomic mass is 9.76. The molecule has 0 radical (unpaired) electrons. The summed E-state index contributed by atoms with van der Waals surface area (Å²) in [5, 5.41) is 0. The van der Waals surface area contributed by atoms with Crippen molar-refractivity contribution in [1.29, 1.82) is 0 Å². The smallest absolute Gasteiger partial charge is 0.302 e. The monoisotopic (exact) mass is 196 g/mol. The topological polar surface area (TPSA) is 26.3 Å². The van der Waals surface area contributed by atoms with Gasteiger partial charge in [-0.2, -0.15) is 0 Å². The maximum atomic E-state index is 10.6. The number of ether oxygens (including phenoxy) is 1. The Morgan fingerprint density at radius 2 is 2.29 bits per heavy atom. The van der Waals surface area contributed by atoms with E-state index in [1.807, 2.05) is 0 Å². The molecule has 0 bridgehead atoms. The van der Waals surface area contributed by atoms with Gasteiger partial charge >= 0.3 is 5.97 Å². The zero-order valence-electron chi connectivity index (χ0n) is 9.59. The highest BCUT2D eigenvalue weighted by Crippen LogP contribution is 2.44. The molecular formula is C12H20O2. The average molecular weight is 196 g/mol. The molecule has 0 fully saturated rings. The predicted octanol–water partition coefficient (Wildman–Crippen LogP) is 2.93. The Bertz CT molecular complexity index is 251. The van der Waals surface area contributed by atoms with Crippen molar-refractivity contribution in [3.63, 3.8) is 0 Å². The van der Waals surface area contributed by atoms with E-state index in [1.165, 1.54) is 12.5 Å². The van der Waals surface area contributed by atoms with Crippen LogP contribution in [-0.2, 0) is 9.53 Å². The van der Waals surface area contributed by atoms with Crippen molar-refractivity contribution in [2.75, 3.05) is 6.61 Å². The molecule has 0 aromatic rings. The van der Waals surface area contributed by atoms with E-state index >= 15 is 0 Å². The van der Waals surface area contributed by atoms with Gasteiger partial charge < -0.3 is 4.74 Å². The third kappa shape index (κ3) is 2.37. The van der Waals surface area contributed by atoms with Gasteiger partial charge in [-0.05, 0) is 31.1 Å². The van der Waals surface area contributed by atoms with Gasteiger partial charge in [0, 0.05) is 6.92 Å². The second-order valence-corrected chi connectivity index (χ2v) is 4.67. The lowest BCUT2D eigenvalue weighted by molar-refractivity contribution is -0.141. The van der Waals surface area contributed by atoms with Crippen LogP contribution in [0.1, 0.15) is 40.5 Å². The van der Waals surface area contributed by atoms with Gasteiger partial charge in [0.2, 0.25) is 0 Å². The first-order chi connectivity index (χ1) is 6.44. The summed E-state index contributed by atoms with van der Waals surface area (Å²) in [6.45, 7) is 8.74. The third-order valence-electron chi connectivity index (χ3n) is 3.52. The summed E-state index contributed by atoms with van der Waals surface area (Å²) in [7, 11) is 0. The van der Waals surface area contributed by atoms with E-state index in [4.69, 9.17) is 4.74 Å². The fourth-order valence-corrected chi connectivity index (χ4v) is 2.02. The molecule has 0 heterocycles. The summed E-state index contributed by atoms with van der Waals surface area (Å²) in [4.78, 5) is 10.6. The second kappa shape index (κ2) is 4.16. The molecule has 0 aromatic carbocycles. The Kier molecular flexibility index (Phi) is 3.35. The molecule has 0 spiro atoms. The average Bonchev–Trinajstić information content (AvgIpc) is 2.30. The van der Waals surface area contributed by atoms with E-state index in [0.29, 0.717) is 12.5 Å². The molecule has 1 atom stereocenters. The Morgan fingerprint density at radius 3 is 2.71 bits per heavy atom. The van der Waals surface area contributed by atoms with Gasteiger partial charge in [-0.3, -0.25) is 4.79 Å². The lowest BCUT2D eigenvalue weighted by Crippen LogP contribution is -2.22. The molecule has 80 valence electrons. The minimum atomic E-state index is -0.175. The van der Waals surface area contributed by atoms with Crippen LogP contribution in [-0.4, -0.2) is 12.6 Å². The van der Waals surface area contributed by atoms with Gasteiger partial charge in [0.1, 0.15) is 0 Å². The fourth-order valence-electron chi connectivity index (χ4n) is 2.02. The lowest BCUT2D eigenvalue weighted by Gasteiger charge is -2.29. The Morgan fingerprint density at radius 1 is 1.64 bits per heavy atom. The molecule has 0 amide bonds. The second-order valence-electron chi connectivity index (χ2n) is 4.67. The fraction of sp³-hybridized carbons (Fsp3) is 0.750. The Balaban J connectivity index is 2.38. The van der Waals surface area contributed by atoms with Crippen LogP contribution >= 0.6 is 0 Å². The van der Waals surface area contributed by atoms with Crippen molar-refractivity contribution in [3.8, 4) is 0 Å². The highest BCUT2D eigenvalue weighted by atomic mass is 16.5. The quantitative estimate of drug-likeness (QED) is 0.512. The van der Waals surface area contributed by atoms with Crippen molar-refractivity contribution in [1.82, 2.24) is 0 Å². The maximum absolute atomic E-state index is 10.6.